The number of nitrogens with zero attached hydrogens (tertiary/aromatic N) is 1. The van der Waals surface area contributed by atoms with Gasteiger partial charge in [-0.1, -0.05) is 12.1 Å². The van der Waals surface area contributed by atoms with E-state index in [1.807, 2.05) is 38.1 Å². The maximum Gasteiger partial charge on any atom is 0.255 e. The van der Waals surface area contributed by atoms with E-state index in [9.17, 15) is 13.2 Å². The van der Waals surface area contributed by atoms with Gasteiger partial charge in [0.1, 0.15) is 0 Å². The van der Waals surface area contributed by atoms with Crippen LogP contribution in [0, 0.1) is 6.92 Å². The van der Waals surface area contributed by atoms with E-state index >= 15 is 0 Å². The first kappa shape index (κ1) is 16.5. The Labute approximate surface area is 142 Å². The number of amides is 1. The summed E-state index contributed by atoms with van der Waals surface area (Å²) in [5, 5.41) is 2.87. The Balaban J connectivity index is 1.87. The van der Waals surface area contributed by atoms with Crippen LogP contribution in [0.25, 0.3) is 0 Å². The van der Waals surface area contributed by atoms with E-state index in [-0.39, 0.29) is 11.9 Å². The molecule has 0 fully saturated rings. The number of fused-ring (bicyclic) bond motifs is 1. The van der Waals surface area contributed by atoms with Crippen LogP contribution < -0.4 is 9.62 Å². The molecule has 2 aromatic carbocycles. The molecule has 0 aliphatic carbocycles. The molecule has 126 valence electrons. The van der Waals surface area contributed by atoms with Crippen LogP contribution in [0.4, 0.5) is 11.4 Å². The summed E-state index contributed by atoms with van der Waals surface area (Å²) in [6.07, 6.45) is 1.81. The number of benzene rings is 2. The van der Waals surface area contributed by atoms with E-state index in [2.05, 4.69) is 5.32 Å². The van der Waals surface area contributed by atoms with Gasteiger partial charge in [-0.25, -0.2) is 8.42 Å². The number of anilines is 2. The van der Waals surface area contributed by atoms with E-state index in [1.54, 1.807) is 18.2 Å². The smallest absolute Gasteiger partial charge is 0.255 e. The second kappa shape index (κ2) is 5.94. The van der Waals surface area contributed by atoms with Crippen LogP contribution in [0.15, 0.2) is 42.5 Å². The molecule has 0 spiro atoms. The fourth-order valence-corrected chi connectivity index (χ4v) is 4.44. The number of carbonyl (C=O) groups is 1. The van der Waals surface area contributed by atoms with Gasteiger partial charge in [0.2, 0.25) is 10.0 Å². The molecular weight excluding hydrogens is 324 g/mol. The Morgan fingerprint density at radius 1 is 1.21 bits per heavy atom. The standard InChI is InChI=1S/C18H20N2O3S/c1-12-5-4-6-16(9-12)19-18(21)14-7-8-17-15(11-14)10-13(2)20(17)24(3,22)23/h4-9,11,13H,10H2,1-3H3,(H,19,21). The molecule has 1 N–H and O–H groups in total. The SMILES string of the molecule is Cc1cccc(NC(=O)c2ccc3c(c2)CC(C)N3S(C)(=O)=O)c1. The zero-order valence-electron chi connectivity index (χ0n) is 13.9. The number of aryl methyl sites for hydroxylation is 1. The molecule has 1 aliphatic heterocycles. The summed E-state index contributed by atoms with van der Waals surface area (Å²) in [4.78, 5) is 12.4. The first-order valence-electron chi connectivity index (χ1n) is 7.76. The third kappa shape index (κ3) is 3.14. The van der Waals surface area contributed by atoms with Gasteiger partial charge in [0.05, 0.1) is 11.9 Å². The van der Waals surface area contributed by atoms with Gasteiger partial charge < -0.3 is 5.32 Å². The van der Waals surface area contributed by atoms with E-state index in [0.717, 1.165) is 16.8 Å². The Morgan fingerprint density at radius 2 is 1.96 bits per heavy atom. The zero-order chi connectivity index (χ0) is 17.5. The van der Waals surface area contributed by atoms with Gasteiger partial charge in [0, 0.05) is 17.3 Å². The van der Waals surface area contributed by atoms with Gasteiger partial charge in [0.25, 0.3) is 5.91 Å². The molecule has 1 heterocycles. The van der Waals surface area contributed by atoms with Crippen LogP contribution in [-0.2, 0) is 16.4 Å². The molecule has 1 unspecified atom stereocenters. The maximum atomic E-state index is 12.4. The first-order chi connectivity index (χ1) is 11.3. The molecule has 0 saturated heterocycles. The van der Waals surface area contributed by atoms with Gasteiger partial charge >= 0.3 is 0 Å². The van der Waals surface area contributed by atoms with Gasteiger partial charge in [-0.3, -0.25) is 9.10 Å². The van der Waals surface area contributed by atoms with Crippen LogP contribution in [0.2, 0.25) is 0 Å². The predicted octanol–water partition coefficient (Wildman–Crippen LogP) is 2.96. The highest BCUT2D eigenvalue weighted by Crippen LogP contribution is 2.34. The van der Waals surface area contributed by atoms with Crippen molar-refractivity contribution in [2.75, 3.05) is 15.9 Å². The van der Waals surface area contributed by atoms with Crippen molar-refractivity contribution < 1.29 is 13.2 Å². The minimum absolute atomic E-state index is 0.134. The third-order valence-electron chi connectivity index (χ3n) is 4.13. The molecule has 5 nitrogen and oxygen atoms in total. The van der Waals surface area contributed by atoms with Crippen molar-refractivity contribution in [3.63, 3.8) is 0 Å². The molecular formula is C18H20N2O3S. The summed E-state index contributed by atoms with van der Waals surface area (Å²) in [5.41, 5.74) is 3.88. The fourth-order valence-electron chi connectivity index (χ4n) is 3.18. The van der Waals surface area contributed by atoms with E-state index in [1.165, 1.54) is 10.6 Å². The Bertz CT molecular complexity index is 906. The average Bonchev–Trinajstić information content (AvgIpc) is 2.81. The summed E-state index contributed by atoms with van der Waals surface area (Å²) in [6, 6.07) is 12.6. The van der Waals surface area contributed by atoms with Crippen LogP contribution in [0.3, 0.4) is 0 Å². The highest BCUT2D eigenvalue weighted by Gasteiger charge is 2.32. The lowest BCUT2D eigenvalue weighted by atomic mass is 10.1. The van der Waals surface area contributed by atoms with Gasteiger partial charge in [-0.05, 0) is 61.7 Å². The van der Waals surface area contributed by atoms with E-state index in [0.29, 0.717) is 17.7 Å². The fraction of sp³-hybridized carbons (Fsp3) is 0.278. The quantitative estimate of drug-likeness (QED) is 0.931. The largest absolute Gasteiger partial charge is 0.322 e. The van der Waals surface area contributed by atoms with Crippen molar-refractivity contribution in [1.29, 1.82) is 0 Å². The number of hydrogen-bond donors (Lipinski definition) is 1. The lowest BCUT2D eigenvalue weighted by Gasteiger charge is -2.21. The summed E-state index contributed by atoms with van der Waals surface area (Å²) >= 11 is 0. The molecule has 0 bridgehead atoms. The lowest BCUT2D eigenvalue weighted by molar-refractivity contribution is 0.102. The monoisotopic (exact) mass is 344 g/mol. The highest BCUT2D eigenvalue weighted by molar-refractivity contribution is 7.92. The molecule has 0 aromatic heterocycles. The predicted molar refractivity (Wildman–Crippen MR) is 96.1 cm³/mol. The van der Waals surface area contributed by atoms with Crippen LogP contribution in [-0.4, -0.2) is 26.6 Å². The van der Waals surface area contributed by atoms with E-state index in [4.69, 9.17) is 0 Å². The lowest BCUT2D eigenvalue weighted by Crippen LogP contribution is -2.34. The van der Waals surface area contributed by atoms with Crippen molar-refractivity contribution >= 4 is 27.3 Å². The maximum absolute atomic E-state index is 12.4. The van der Waals surface area contributed by atoms with Crippen LogP contribution >= 0.6 is 0 Å². The minimum atomic E-state index is -3.32. The Hall–Kier alpha value is -2.34. The van der Waals surface area contributed by atoms with Crippen molar-refractivity contribution in [3.8, 4) is 0 Å². The molecule has 1 aliphatic rings. The van der Waals surface area contributed by atoms with Crippen molar-refractivity contribution in [3.05, 3.63) is 59.2 Å². The van der Waals surface area contributed by atoms with Crippen molar-refractivity contribution in [2.45, 2.75) is 26.3 Å². The second-order valence-electron chi connectivity index (χ2n) is 6.28. The number of hydrogen-bond acceptors (Lipinski definition) is 3. The van der Waals surface area contributed by atoms with Crippen molar-refractivity contribution in [1.82, 2.24) is 0 Å². The minimum Gasteiger partial charge on any atom is -0.322 e. The van der Waals surface area contributed by atoms with Gasteiger partial charge in [0.15, 0.2) is 0 Å². The third-order valence-corrected chi connectivity index (χ3v) is 5.40. The summed E-state index contributed by atoms with van der Waals surface area (Å²) in [5.74, 6) is -0.200. The molecule has 1 amide bonds. The summed E-state index contributed by atoms with van der Waals surface area (Å²) in [6.45, 7) is 3.83. The Kier molecular flexibility index (Phi) is 4.09. The highest BCUT2D eigenvalue weighted by atomic mass is 32.2. The van der Waals surface area contributed by atoms with Crippen LogP contribution in [0.1, 0.15) is 28.4 Å². The summed E-state index contributed by atoms with van der Waals surface area (Å²) in [7, 11) is -3.32. The molecule has 24 heavy (non-hydrogen) atoms. The molecule has 0 saturated carbocycles. The van der Waals surface area contributed by atoms with E-state index < -0.39 is 10.0 Å². The number of carbonyl (C=O) groups excluding carboxylic acids is 1. The number of nitrogens with one attached hydrogen (secondary N) is 1. The van der Waals surface area contributed by atoms with Gasteiger partial charge in [-0.15, -0.1) is 0 Å². The summed E-state index contributed by atoms with van der Waals surface area (Å²) < 4.78 is 25.3. The molecule has 3 rings (SSSR count). The number of sulfonamides is 1. The zero-order valence-corrected chi connectivity index (χ0v) is 14.7. The normalized spacial score (nSPS) is 16.8. The Morgan fingerprint density at radius 3 is 2.62 bits per heavy atom. The topological polar surface area (TPSA) is 66.5 Å². The molecule has 2 aromatic rings. The first-order valence-corrected chi connectivity index (χ1v) is 9.61. The van der Waals surface area contributed by atoms with Crippen LogP contribution in [0.5, 0.6) is 0 Å². The molecule has 1 atom stereocenters. The van der Waals surface area contributed by atoms with Gasteiger partial charge in [-0.2, -0.15) is 0 Å². The molecule has 6 heteroatoms. The second-order valence-corrected chi connectivity index (χ2v) is 8.14. The number of rotatable bonds is 3. The average molecular weight is 344 g/mol. The molecule has 0 radical (unpaired) electrons. The van der Waals surface area contributed by atoms with Crippen molar-refractivity contribution in [2.24, 2.45) is 0 Å².